The Bertz CT molecular complexity index is 1310. The quantitative estimate of drug-likeness (QED) is 0.499. The molecule has 6 nitrogen and oxygen atoms in total. The van der Waals surface area contributed by atoms with E-state index >= 15 is 0 Å². The first-order chi connectivity index (χ1) is 15.5. The van der Waals surface area contributed by atoms with Crippen LogP contribution in [0.2, 0.25) is 0 Å². The van der Waals surface area contributed by atoms with E-state index in [1.807, 2.05) is 61.5 Å². The number of hydrogen-bond acceptors (Lipinski definition) is 3. The van der Waals surface area contributed by atoms with Crippen LogP contribution < -0.4 is 0 Å². The van der Waals surface area contributed by atoms with E-state index in [0.29, 0.717) is 18.5 Å². The van der Waals surface area contributed by atoms with Gasteiger partial charge < -0.3 is 15.0 Å². The summed E-state index contributed by atoms with van der Waals surface area (Å²) >= 11 is 0. The number of aliphatic carboxylic acids is 1. The van der Waals surface area contributed by atoms with E-state index in [1.54, 1.807) is 18.2 Å². The van der Waals surface area contributed by atoms with Crippen LogP contribution in [0.25, 0.3) is 22.4 Å². The number of carboxylic acids is 1. The number of aromatic amines is 1. The molecule has 3 aromatic carbocycles. The molecule has 6 heteroatoms. The molecule has 2 N–H and O–H groups in total. The number of carbonyl (C=O) groups is 2. The van der Waals surface area contributed by atoms with Gasteiger partial charge in [0.1, 0.15) is 11.9 Å². The van der Waals surface area contributed by atoms with Crippen molar-refractivity contribution in [3.05, 3.63) is 89.5 Å². The third kappa shape index (κ3) is 3.54. The molecular weight excluding hydrogens is 402 g/mol. The Morgan fingerprint density at radius 1 is 1.03 bits per heavy atom. The number of carboxylic acid groups (broad SMARTS) is 1. The zero-order chi connectivity index (χ0) is 22.2. The third-order valence-electron chi connectivity index (χ3n) is 6.16. The van der Waals surface area contributed by atoms with E-state index in [9.17, 15) is 14.7 Å². The van der Waals surface area contributed by atoms with Crippen molar-refractivity contribution in [1.29, 1.82) is 0 Å². The van der Waals surface area contributed by atoms with E-state index in [-0.39, 0.29) is 11.8 Å². The van der Waals surface area contributed by atoms with Gasteiger partial charge in [0.25, 0.3) is 5.91 Å². The summed E-state index contributed by atoms with van der Waals surface area (Å²) in [4.78, 5) is 34.9. The lowest BCUT2D eigenvalue weighted by Crippen LogP contribution is -2.42. The van der Waals surface area contributed by atoms with E-state index in [4.69, 9.17) is 0 Å². The van der Waals surface area contributed by atoms with Crippen molar-refractivity contribution in [2.24, 2.45) is 0 Å². The fourth-order valence-corrected chi connectivity index (χ4v) is 4.62. The molecule has 2 heterocycles. The summed E-state index contributed by atoms with van der Waals surface area (Å²) in [6.07, 6.45) is 0.622. The van der Waals surface area contributed by atoms with Crippen LogP contribution in [0.5, 0.6) is 0 Å². The van der Waals surface area contributed by atoms with Crippen LogP contribution in [0.1, 0.15) is 33.8 Å². The summed E-state index contributed by atoms with van der Waals surface area (Å²) in [6, 6.07) is 22.1. The number of H-pyrrole nitrogens is 1. The van der Waals surface area contributed by atoms with Crippen molar-refractivity contribution >= 4 is 22.9 Å². The zero-order valence-electron chi connectivity index (χ0n) is 17.7. The number of nitrogens with one attached hydrogen (secondary N) is 1. The number of amides is 1. The number of aryl methyl sites for hydroxylation is 1. The molecule has 5 rings (SSSR count). The minimum absolute atomic E-state index is 0.225. The lowest BCUT2D eigenvalue weighted by atomic mass is 9.90. The average Bonchev–Trinajstić information content (AvgIpc) is 3.43. The van der Waals surface area contributed by atoms with Crippen molar-refractivity contribution in [2.75, 3.05) is 6.54 Å². The first-order valence-electron chi connectivity index (χ1n) is 10.7. The lowest BCUT2D eigenvalue weighted by molar-refractivity contribution is -0.141. The molecule has 4 aromatic rings. The Hall–Kier alpha value is -3.93. The smallest absolute Gasteiger partial charge is 0.327 e. The first kappa shape index (κ1) is 20.0. The molecule has 2 atom stereocenters. The molecule has 32 heavy (non-hydrogen) atoms. The second kappa shape index (κ2) is 7.96. The van der Waals surface area contributed by atoms with Gasteiger partial charge in [-0.3, -0.25) is 4.79 Å². The normalized spacial score (nSPS) is 18.2. The molecule has 1 aliphatic rings. The Morgan fingerprint density at radius 2 is 1.84 bits per heavy atom. The molecule has 1 amide bonds. The van der Waals surface area contributed by atoms with Crippen LogP contribution in [0, 0.1) is 6.92 Å². The Balaban J connectivity index is 1.45. The van der Waals surface area contributed by atoms with Gasteiger partial charge in [-0.1, -0.05) is 60.2 Å². The van der Waals surface area contributed by atoms with Crippen molar-refractivity contribution in [3.8, 4) is 11.4 Å². The molecule has 0 aliphatic carbocycles. The maximum atomic E-state index is 13.4. The van der Waals surface area contributed by atoms with Gasteiger partial charge in [-0.25, -0.2) is 9.78 Å². The highest BCUT2D eigenvalue weighted by Gasteiger charge is 2.42. The van der Waals surface area contributed by atoms with Crippen molar-refractivity contribution < 1.29 is 14.7 Å². The standard InChI is InChI=1S/C26H23N3O3/c1-16-6-5-9-18(14-16)20-12-13-29(23(20)26(31)32)25(30)19-10-11-21-22(15-19)28-24(27-21)17-7-3-2-4-8-17/h2-11,14-15,20,23H,12-13H2,1H3,(H,27,28)(H,31,32). The van der Waals surface area contributed by atoms with Crippen LogP contribution in [0.15, 0.2) is 72.8 Å². The van der Waals surface area contributed by atoms with Crippen LogP contribution in [0.3, 0.4) is 0 Å². The van der Waals surface area contributed by atoms with Crippen LogP contribution in [-0.4, -0.2) is 44.4 Å². The summed E-state index contributed by atoms with van der Waals surface area (Å²) in [6.45, 7) is 2.39. The Labute approximate surface area is 185 Å². The van der Waals surface area contributed by atoms with E-state index in [2.05, 4.69) is 9.97 Å². The third-order valence-corrected chi connectivity index (χ3v) is 6.16. The topological polar surface area (TPSA) is 86.3 Å². The molecule has 0 spiro atoms. The second-order valence-electron chi connectivity index (χ2n) is 8.27. The van der Waals surface area contributed by atoms with Crippen LogP contribution >= 0.6 is 0 Å². The van der Waals surface area contributed by atoms with E-state index in [1.165, 1.54) is 4.90 Å². The predicted octanol–water partition coefficient (Wildman–Crippen LogP) is 4.62. The predicted molar refractivity (Wildman–Crippen MR) is 123 cm³/mol. The van der Waals surface area contributed by atoms with E-state index in [0.717, 1.165) is 33.5 Å². The van der Waals surface area contributed by atoms with E-state index < -0.39 is 12.0 Å². The van der Waals surface area contributed by atoms with Crippen molar-refractivity contribution in [3.63, 3.8) is 0 Å². The first-order valence-corrected chi connectivity index (χ1v) is 10.7. The fraction of sp³-hybridized carbons (Fsp3) is 0.192. The van der Waals surface area contributed by atoms with Gasteiger partial charge in [0.15, 0.2) is 0 Å². The molecule has 0 bridgehead atoms. The monoisotopic (exact) mass is 425 g/mol. The maximum absolute atomic E-state index is 13.4. The highest BCUT2D eigenvalue weighted by Crippen LogP contribution is 2.35. The lowest BCUT2D eigenvalue weighted by Gasteiger charge is -2.25. The summed E-state index contributed by atoms with van der Waals surface area (Å²) in [5.74, 6) is -0.743. The summed E-state index contributed by atoms with van der Waals surface area (Å²) in [5.41, 5.74) is 4.96. The molecular formula is C26H23N3O3. The van der Waals surface area contributed by atoms with Gasteiger partial charge in [0.05, 0.1) is 11.0 Å². The molecule has 160 valence electrons. The molecule has 1 aromatic heterocycles. The maximum Gasteiger partial charge on any atom is 0.327 e. The fourth-order valence-electron chi connectivity index (χ4n) is 4.62. The van der Waals surface area contributed by atoms with Crippen molar-refractivity contribution in [2.45, 2.75) is 25.3 Å². The molecule has 0 saturated carbocycles. The largest absolute Gasteiger partial charge is 0.480 e. The van der Waals surface area contributed by atoms with Gasteiger partial charge in [0, 0.05) is 23.6 Å². The SMILES string of the molecule is Cc1cccc(C2CCN(C(=O)c3ccc4nc(-c5ccccc5)[nH]c4c3)C2C(=O)O)c1. The number of nitrogens with zero attached hydrogens (tertiary/aromatic N) is 2. The summed E-state index contributed by atoms with van der Waals surface area (Å²) in [5, 5.41) is 9.97. The van der Waals surface area contributed by atoms with Gasteiger partial charge in [-0.15, -0.1) is 0 Å². The number of imidazole rings is 1. The minimum atomic E-state index is -0.976. The van der Waals surface area contributed by atoms with Gasteiger partial charge in [-0.05, 0) is 37.1 Å². The molecule has 1 saturated heterocycles. The summed E-state index contributed by atoms with van der Waals surface area (Å²) in [7, 11) is 0. The Kier molecular flexibility index (Phi) is 4.98. The number of aromatic nitrogens is 2. The van der Waals surface area contributed by atoms with Gasteiger partial charge in [-0.2, -0.15) is 0 Å². The average molecular weight is 425 g/mol. The number of likely N-dealkylation sites (tertiary alicyclic amines) is 1. The second-order valence-corrected chi connectivity index (χ2v) is 8.27. The molecule has 2 unspecified atom stereocenters. The number of hydrogen-bond donors (Lipinski definition) is 2. The van der Waals surface area contributed by atoms with Gasteiger partial charge >= 0.3 is 5.97 Å². The number of carbonyl (C=O) groups excluding carboxylic acids is 1. The molecule has 0 radical (unpaired) electrons. The highest BCUT2D eigenvalue weighted by molar-refractivity contribution is 6.00. The number of fused-ring (bicyclic) bond motifs is 1. The zero-order valence-corrected chi connectivity index (χ0v) is 17.7. The summed E-state index contributed by atoms with van der Waals surface area (Å²) < 4.78 is 0. The van der Waals surface area contributed by atoms with Crippen LogP contribution in [0.4, 0.5) is 0 Å². The van der Waals surface area contributed by atoms with Crippen molar-refractivity contribution in [1.82, 2.24) is 14.9 Å². The molecule has 1 aliphatic heterocycles. The van der Waals surface area contributed by atoms with Gasteiger partial charge in [0.2, 0.25) is 0 Å². The number of benzene rings is 3. The highest BCUT2D eigenvalue weighted by atomic mass is 16.4. The Morgan fingerprint density at radius 3 is 2.59 bits per heavy atom. The van der Waals surface area contributed by atoms with Crippen LogP contribution in [-0.2, 0) is 4.79 Å². The minimum Gasteiger partial charge on any atom is -0.480 e. The number of rotatable bonds is 4. The molecule has 1 fully saturated rings.